The molecule has 1 aromatic carbocycles. The van der Waals surface area contributed by atoms with E-state index in [4.69, 9.17) is 0 Å². The summed E-state index contributed by atoms with van der Waals surface area (Å²) >= 11 is 0. The minimum Gasteiger partial charge on any atom is -0.323 e. The van der Waals surface area contributed by atoms with Crippen molar-refractivity contribution < 1.29 is 9.59 Å². The second-order valence-corrected chi connectivity index (χ2v) is 5.57. The fourth-order valence-electron chi connectivity index (χ4n) is 2.65. The summed E-state index contributed by atoms with van der Waals surface area (Å²) < 4.78 is 0. The van der Waals surface area contributed by atoms with Crippen molar-refractivity contribution in [2.75, 3.05) is 0 Å². The molecule has 2 rings (SSSR count). The van der Waals surface area contributed by atoms with Crippen LogP contribution in [0.1, 0.15) is 32.3 Å². The first-order valence-corrected chi connectivity index (χ1v) is 6.69. The van der Waals surface area contributed by atoms with Crippen molar-refractivity contribution in [1.82, 2.24) is 10.6 Å². The largest absolute Gasteiger partial charge is 0.323 e. The molecule has 1 aliphatic rings. The van der Waals surface area contributed by atoms with Gasteiger partial charge in [0.05, 0.1) is 0 Å². The molecule has 0 bridgehead atoms. The minimum atomic E-state index is -0.749. The van der Waals surface area contributed by atoms with Gasteiger partial charge in [-0.3, -0.25) is 10.1 Å². The summed E-state index contributed by atoms with van der Waals surface area (Å²) in [6.07, 6.45) is 2.07. The molecule has 3 amide bonds. The maximum Gasteiger partial charge on any atom is 0.322 e. The third-order valence-corrected chi connectivity index (χ3v) is 3.45. The molecule has 1 heterocycles. The highest BCUT2D eigenvalue weighted by atomic mass is 16.2. The van der Waals surface area contributed by atoms with Crippen LogP contribution >= 0.6 is 0 Å². The summed E-state index contributed by atoms with van der Waals surface area (Å²) in [6.45, 7) is 4.12. The molecular weight excluding hydrogens is 240 g/mol. The Labute approximate surface area is 113 Å². The van der Waals surface area contributed by atoms with E-state index in [2.05, 4.69) is 24.5 Å². The number of imide groups is 1. The molecule has 2 N–H and O–H groups in total. The maximum atomic E-state index is 12.1. The van der Waals surface area contributed by atoms with E-state index in [1.54, 1.807) is 0 Å². The Morgan fingerprint density at radius 1 is 1.16 bits per heavy atom. The van der Waals surface area contributed by atoms with Crippen molar-refractivity contribution >= 4 is 11.9 Å². The first-order valence-electron chi connectivity index (χ1n) is 6.69. The summed E-state index contributed by atoms with van der Waals surface area (Å²) in [5.74, 6) is 0.155. The zero-order valence-electron chi connectivity index (χ0n) is 11.4. The third kappa shape index (κ3) is 3.13. The van der Waals surface area contributed by atoms with Gasteiger partial charge in [-0.15, -0.1) is 0 Å². The quantitative estimate of drug-likeness (QED) is 0.798. The predicted molar refractivity (Wildman–Crippen MR) is 73.6 cm³/mol. The summed E-state index contributed by atoms with van der Waals surface area (Å²) in [5, 5.41) is 5.18. The fraction of sp³-hybridized carbons (Fsp3) is 0.467. The van der Waals surface area contributed by atoms with Crippen LogP contribution in [0, 0.1) is 5.92 Å². The van der Waals surface area contributed by atoms with Crippen molar-refractivity contribution in [2.24, 2.45) is 5.92 Å². The van der Waals surface area contributed by atoms with Gasteiger partial charge in [0.25, 0.3) is 5.91 Å². The normalized spacial score (nSPS) is 22.5. The molecule has 0 spiro atoms. The van der Waals surface area contributed by atoms with Gasteiger partial charge in [-0.1, -0.05) is 44.2 Å². The summed E-state index contributed by atoms with van der Waals surface area (Å²) in [6, 6.07) is 9.64. The van der Waals surface area contributed by atoms with E-state index >= 15 is 0 Å². The zero-order valence-corrected chi connectivity index (χ0v) is 11.4. The number of benzene rings is 1. The third-order valence-electron chi connectivity index (χ3n) is 3.45. The second-order valence-electron chi connectivity index (χ2n) is 5.57. The lowest BCUT2D eigenvalue weighted by atomic mass is 9.84. The van der Waals surface area contributed by atoms with E-state index in [0.29, 0.717) is 18.8 Å². The lowest BCUT2D eigenvalue weighted by Crippen LogP contribution is -2.48. The van der Waals surface area contributed by atoms with Gasteiger partial charge in [0.1, 0.15) is 5.54 Å². The number of carbonyl (C=O) groups is 2. The van der Waals surface area contributed by atoms with Crippen molar-refractivity contribution in [3.8, 4) is 0 Å². The molecule has 0 unspecified atom stereocenters. The average molecular weight is 260 g/mol. The number of hydrogen-bond acceptors (Lipinski definition) is 2. The van der Waals surface area contributed by atoms with E-state index in [1.165, 1.54) is 5.56 Å². The monoisotopic (exact) mass is 260 g/mol. The topological polar surface area (TPSA) is 58.2 Å². The molecule has 1 fully saturated rings. The highest BCUT2D eigenvalue weighted by Crippen LogP contribution is 2.26. The van der Waals surface area contributed by atoms with Crippen molar-refractivity contribution in [3.05, 3.63) is 35.9 Å². The molecule has 0 aromatic heterocycles. The van der Waals surface area contributed by atoms with E-state index < -0.39 is 5.54 Å². The van der Waals surface area contributed by atoms with Crippen LogP contribution in [-0.4, -0.2) is 17.5 Å². The van der Waals surface area contributed by atoms with E-state index in [-0.39, 0.29) is 11.9 Å². The van der Waals surface area contributed by atoms with Crippen LogP contribution in [0.5, 0.6) is 0 Å². The van der Waals surface area contributed by atoms with Crippen molar-refractivity contribution in [1.29, 1.82) is 0 Å². The first-order chi connectivity index (χ1) is 9.02. The van der Waals surface area contributed by atoms with Crippen LogP contribution in [0.25, 0.3) is 0 Å². The molecule has 0 saturated carbocycles. The number of rotatable bonds is 5. The number of hydrogen-bond donors (Lipinski definition) is 2. The summed E-state index contributed by atoms with van der Waals surface area (Å²) in [5.41, 5.74) is 0.431. The Morgan fingerprint density at radius 2 is 1.84 bits per heavy atom. The van der Waals surface area contributed by atoms with Crippen LogP contribution in [0.4, 0.5) is 4.79 Å². The van der Waals surface area contributed by atoms with Crippen molar-refractivity contribution in [2.45, 2.75) is 38.6 Å². The van der Waals surface area contributed by atoms with Crippen LogP contribution in [0.3, 0.4) is 0 Å². The number of carbonyl (C=O) groups excluding carboxylic acids is 2. The fourth-order valence-corrected chi connectivity index (χ4v) is 2.65. The van der Waals surface area contributed by atoms with Gasteiger partial charge in [-0.05, 0) is 30.7 Å². The Morgan fingerprint density at radius 3 is 2.37 bits per heavy atom. The molecule has 102 valence electrons. The molecule has 1 atom stereocenters. The molecule has 0 radical (unpaired) electrons. The Kier molecular flexibility index (Phi) is 3.88. The highest BCUT2D eigenvalue weighted by molar-refractivity contribution is 6.07. The van der Waals surface area contributed by atoms with E-state index in [1.807, 2.05) is 30.3 Å². The number of amides is 3. The van der Waals surface area contributed by atoms with Crippen LogP contribution in [-0.2, 0) is 11.2 Å². The zero-order chi connectivity index (χ0) is 13.9. The first kappa shape index (κ1) is 13.6. The van der Waals surface area contributed by atoms with Gasteiger partial charge in [0.2, 0.25) is 0 Å². The molecule has 19 heavy (non-hydrogen) atoms. The Balaban J connectivity index is 2.11. The molecular formula is C15H20N2O2. The Hall–Kier alpha value is -1.84. The number of urea groups is 1. The molecule has 1 saturated heterocycles. The van der Waals surface area contributed by atoms with Crippen LogP contribution in [0.15, 0.2) is 30.3 Å². The molecule has 4 heteroatoms. The lowest BCUT2D eigenvalue weighted by Gasteiger charge is -2.27. The lowest BCUT2D eigenvalue weighted by molar-refractivity contribution is -0.124. The van der Waals surface area contributed by atoms with Gasteiger partial charge in [-0.25, -0.2) is 4.79 Å². The molecule has 4 nitrogen and oxygen atoms in total. The SMILES string of the molecule is CC(C)C[C@]1(CCc2ccccc2)NC(=O)NC1=O. The highest BCUT2D eigenvalue weighted by Gasteiger charge is 2.45. The maximum absolute atomic E-state index is 12.1. The number of aryl methyl sites for hydroxylation is 1. The molecule has 0 aliphatic carbocycles. The van der Waals surface area contributed by atoms with Crippen LogP contribution in [0.2, 0.25) is 0 Å². The van der Waals surface area contributed by atoms with Gasteiger partial charge in [-0.2, -0.15) is 0 Å². The van der Waals surface area contributed by atoms with Crippen LogP contribution < -0.4 is 10.6 Å². The minimum absolute atomic E-state index is 0.192. The van der Waals surface area contributed by atoms with E-state index in [0.717, 1.165) is 6.42 Å². The average Bonchev–Trinajstić information content (AvgIpc) is 2.62. The van der Waals surface area contributed by atoms with E-state index in [9.17, 15) is 9.59 Å². The Bertz CT molecular complexity index is 470. The standard InChI is InChI=1S/C15H20N2O2/c1-11(2)10-15(13(18)16-14(19)17-15)9-8-12-6-4-3-5-7-12/h3-7,11H,8-10H2,1-2H3,(H2,16,17,18,19)/t15-/m0/s1. The van der Waals surface area contributed by atoms with Gasteiger partial charge in [0, 0.05) is 0 Å². The second kappa shape index (κ2) is 5.43. The number of nitrogens with one attached hydrogen (secondary N) is 2. The van der Waals surface area contributed by atoms with Gasteiger partial charge < -0.3 is 5.32 Å². The van der Waals surface area contributed by atoms with Crippen molar-refractivity contribution in [3.63, 3.8) is 0 Å². The summed E-state index contributed by atoms with van der Waals surface area (Å²) in [7, 11) is 0. The predicted octanol–water partition coefficient (Wildman–Crippen LogP) is 2.24. The van der Waals surface area contributed by atoms with Gasteiger partial charge in [0.15, 0.2) is 0 Å². The summed E-state index contributed by atoms with van der Waals surface area (Å²) in [4.78, 5) is 23.5. The smallest absolute Gasteiger partial charge is 0.322 e. The molecule has 1 aromatic rings. The molecule has 1 aliphatic heterocycles. The van der Waals surface area contributed by atoms with Gasteiger partial charge >= 0.3 is 6.03 Å².